The molecule has 0 saturated heterocycles. The molecule has 0 fully saturated rings. The first-order chi connectivity index (χ1) is 15.1. The van der Waals surface area contributed by atoms with Crippen molar-refractivity contribution in [3.63, 3.8) is 0 Å². The number of ether oxygens (including phenoxy) is 2. The van der Waals surface area contributed by atoms with Crippen LogP contribution in [0.3, 0.4) is 0 Å². The fourth-order valence-electron chi connectivity index (χ4n) is 3.35. The molecule has 4 rings (SSSR count). The molecule has 0 spiro atoms. The lowest BCUT2D eigenvalue weighted by molar-refractivity contribution is -0.304. The van der Waals surface area contributed by atoms with Crippen LogP contribution in [0.4, 0.5) is 0 Å². The SMILES string of the molecule is COc1ccc(-c2noc(/C(=C/c3cccc4ccccc34)CC(=O)[O-])n2)cc1OC. The maximum Gasteiger partial charge on any atom is 0.254 e. The number of nitrogens with zero attached hydrogens (tertiary/aromatic N) is 2. The maximum atomic E-state index is 11.4. The van der Waals surface area contributed by atoms with Crippen molar-refractivity contribution in [2.45, 2.75) is 6.42 Å². The molecule has 0 atom stereocenters. The summed E-state index contributed by atoms with van der Waals surface area (Å²) < 4.78 is 16.0. The van der Waals surface area contributed by atoms with E-state index in [0.717, 1.165) is 16.3 Å². The molecule has 0 radical (unpaired) electrons. The van der Waals surface area contributed by atoms with Crippen LogP contribution in [0.2, 0.25) is 0 Å². The molecular formula is C24H19N2O5-. The number of carbonyl (C=O) groups is 1. The number of fused-ring (bicyclic) bond motifs is 1. The quantitative estimate of drug-likeness (QED) is 0.455. The van der Waals surface area contributed by atoms with Crippen LogP contribution in [0, 0.1) is 0 Å². The Balaban J connectivity index is 1.76. The first-order valence-electron chi connectivity index (χ1n) is 9.53. The largest absolute Gasteiger partial charge is 0.550 e. The van der Waals surface area contributed by atoms with Crippen molar-refractivity contribution in [3.8, 4) is 22.9 Å². The van der Waals surface area contributed by atoms with E-state index < -0.39 is 5.97 Å². The Labute approximate surface area is 178 Å². The van der Waals surface area contributed by atoms with Gasteiger partial charge in [-0.3, -0.25) is 0 Å². The van der Waals surface area contributed by atoms with Crippen LogP contribution in [-0.4, -0.2) is 30.3 Å². The highest BCUT2D eigenvalue weighted by molar-refractivity contribution is 5.97. The summed E-state index contributed by atoms with van der Waals surface area (Å²) in [6.07, 6.45) is 1.38. The third kappa shape index (κ3) is 4.25. The van der Waals surface area contributed by atoms with E-state index in [2.05, 4.69) is 10.1 Å². The number of carboxylic acids is 1. The molecule has 31 heavy (non-hydrogen) atoms. The highest BCUT2D eigenvalue weighted by atomic mass is 16.5. The fraction of sp³-hybridized carbons (Fsp3) is 0.125. The lowest BCUT2D eigenvalue weighted by Gasteiger charge is -2.07. The van der Waals surface area contributed by atoms with Crippen LogP contribution in [0.1, 0.15) is 17.9 Å². The number of benzene rings is 3. The zero-order valence-electron chi connectivity index (χ0n) is 17.0. The van der Waals surface area contributed by atoms with Gasteiger partial charge in [-0.2, -0.15) is 4.98 Å². The highest BCUT2D eigenvalue weighted by Crippen LogP contribution is 2.32. The first kappa shape index (κ1) is 20.2. The second-order valence-corrected chi connectivity index (χ2v) is 6.78. The normalized spacial score (nSPS) is 11.5. The molecule has 7 heteroatoms. The maximum absolute atomic E-state index is 11.4. The summed E-state index contributed by atoms with van der Waals surface area (Å²) in [7, 11) is 3.09. The molecule has 0 aliphatic carbocycles. The van der Waals surface area contributed by atoms with Crippen LogP contribution in [0.15, 0.2) is 65.2 Å². The van der Waals surface area contributed by atoms with Crippen LogP contribution in [0.5, 0.6) is 11.5 Å². The van der Waals surface area contributed by atoms with Crippen molar-refractivity contribution in [3.05, 3.63) is 72.1 Å². The molecule has 0 aliphatic rings. The van der Waals surface area contributed by atoms with Gasteiger partial charge in [-0.15, -0.1) is 0 Å². The van der Waals surface area contributed by atoms with Gasteiger partial charge < -0.3 is 23.9 Å². The van der Waals surface area contributed by atoms with E-state index in [-0.39, 0.29) is 12.3 Å². The standard InChI is InChI=1S/C24H20N2O5/c1-29-20-11-10-17(13-21(20)30-2)23-25-24(31-26-23)18(14-22(27)28)12-16-8-5-7-15-6-3-4-9-19(15)16/h3-13H,14H2,1-2H3,(H,27,28)/p-1/b18-12+. The first-order valence-corrected chi connectivity index (χ1v) is 9.53. The van der Waals surface area contributed by atoms with Gasteiger partial charge in [0.25, 0.3) is 5.89 Å². The van der Waals surface area contributed by atoms with E-state index in [1.54, 1.807) is 31.4 Å². The highest BCUT2D eigenvalue weighted by Gasteiger charge is 2.16. The van der Waals surface area contributed by atoms with Crippen LogP contribution >= 0.6 is 0 Å². The summed E-state index contributed by atoms with van der Waals surface area (Å²) in [5.74, 6) is 0.272. The minimum absolute atomic E-state index is 0.113. The smallest absolute Gasteiger partial charge is 0.254 e. The molecule has 4 aromatic rings. The Hall–Kier alpha value is -4.13. The van der Waals surface area contributed by atoms with Gasteiger partial charge in [0.2, 0.25) is 5.82 Å². The number of aliphatic carboxylic acids is 1. The Bertz CT molecular complexity index is 1270. The van der Waals surface area contributed by atoms with Crippen molar-refractivity contribution >= 4 is 28.4 Å². The summed E-state index contributed by atoms with van der Waals surface area (Å²) in [5.41, 5.74) is 1.85. The second-order valence-electron chi connectivity index (χ2n) is 6.78. The zero-order valence-corrected chi connectivity index (χ0v) is 17.0. The molecule has 0 saturated carbocycles. The average molecular weight is 415 g/mol. The van der Waals surface area contributed by atoms with Crippen molar-refractivity contribution < 1.29 is 23.9 Å². The van der Waals surface area contributed by atoms with Gasteiger partial charge >= 0.3 is 0 Å². The number of carboxylic acid groups (broad SMARTS) is 1. The fourth-order valence-corrected chi connectivity index (χ4v) is 3.35. The van der Waals surface area contributed by atoms with Crippen molar-refractivity contribution in [2.24, 2.45) is 0 Å². The molecule has 7 nitrogen and oxygen atoms in total. The monoisotopic (exact) mass is 415 g/mol. The van der Waals surface area contributed by atoms with Gasteiger partial charge in [-0.05, 0) is 40.6 Å². The average Bonchev–Trinajstić information content (AvgIpc) is 3.28. The van der Waals surface area contributed by atoms with Gasteiger partial charge in [0.1, 0.15) is 0 Å². The molecule has 1 heterocycles. The van der Waals surface area contributed by atoms with Gasteiger partial charge in [0.05, 0.1) is 14.2 Å². The van der Waals surface area contributed by atoms with E-state index in [0.29, 0.717) is 28.5 Å². The predicted octanol–water partition coefficient (Wildman–Crippen LogP) is 3.59. The minimum Gasteiger partial charge on any atom is -0.550 e. The van der Waals surface area contributed by atoms with Gasteiger partial charge in [0, 0.05) is 23.5 Å². The number of hydrogen-bond donors (Lipinski definition) is 0. The van der Waals surface area contributed by atoms with Crippen molar-refractivity contribution in [1.82, 2.24) is 10.1 Å². The van der Waals surface area contributed by atoms with E-state index in [1.807, 2.05) is 42.5 Å². The van der Waals surface area contributed by atoms with E-state index in [1.165, 1.54) is 7.11 Å². The third-order valence-electron chi connectivity index (χ3n) is 4.83. The molecule has 0 N–H and O–H groups in total. The number of rotatable bonds is 7. The number of aromatic nitrogens is 2. The zero-order chi connectivity index (χ0) is 21.8. The molecule has 156 valence electrons. The van der Waals surface area contributed by atoms with E-state index in [4.69, 9.17) is 14.0 Å². The Morgan fingerprint density at radius 2 is 1.81 bits per heavy atom. The Kier molecular flexibility index (Phi) is 5.66. The Morgan fingerprint density at radius 1 is 1.03 bits per heavy atom. The van der Waals surface area contributed by atoms with Gasteiger partial charge in [0.15, 0.2) is 11.5 Å². The lowest BCUT2D eigenvalue weighted by Crippen LogP contribution is -2.22. The van der Waals surface area contributed by atoms with Crippen LogP contribution < -0.4 is 14.6 Å². The molecular weight excluding hydrogens is 396 g/mol. The second kappa shape index (κ2) is 8.71. The topological polar surface area (TPSA) is 97.5 Å². The molecule has 1 aromatic heterocycles. The Morgan fingerprint density at radius 3 is 2.58 bits per heavy atom. The van der Waals surface area contributed by atoms with E-state index in [9.17, 15) is 9.90 Å². The molecule has 0 amide bonds. The van der Waals surface area contributed by atoms with E-state index >= 15 is 0 Å². The molecule has 0 aliphatic heterocycles. The predicted molar refractivity (Wildman–Crippen MR) is 114 cm³/mol. The molecule has 3 aromatic carbocycles. The van der Waals surface area contributed by atoms with Gasteiger partial charge in [-0.1, -0.05) is 47.6 Å². The summed E-state index contributed by atoms with van der Waals surface area (Å²) in [4.78, 5) is 15.8. The van der Waals surface area contributed by atoms with Crippen LogP contribution in [0.25, 0.3) is 33.8 Å². The summed E-state index contributed by atoms with van der Waals surface area (Å²) in [6, 6.07) is 18.9. The molecule has 0 bridgehead atoms. The van der Waals surface area contributed by atoms with Gasteiger partial charge in [-0.25, -0.2) is 0 Å². The summed E-state index contributed by atoms with van der Waals surface area (Å²) in [6.45, 7) is 0. The summed E-state index contributed by atoms with van der Waals surface area (Å²) in [5, 5.41) is 17.4. The molecule has 0 unspecified atom stereocenters. The summed E-state index contributed by atoms with van der Waals surface area (Å²) >= 11 is 0. The van der Waals surface area contributed by atoms with Crippen molar-refractivity contribution in [1.29, 1.82) is 0 Å². The van der Waals surface area contributed by atoms with Crippen molar-refractivity contribution in [2.75, 3.05) is 14.2 Å². The number of hydrogen-bond acceptors (Lipinski definition) is 7. The minimum atomic E-state index is -1.24. The lowest BCUT2D eigenvalue weighted by atomic mass is 10.0. The third-order valence-corrected chi connectivity index (χ3v) is 4.83. The number of carbonyl (C=O) groups excluding carboxylic acids is 1. The number of methoxy groups -OCH3 is 2. The van der Waals surface area contributed by atoms with Crippen LogP contribution in [-0.2, 0) is 4.79 Å².